The third-order valence-electron chi connectivity index (χ3n) is 3.78. The number of hydrogen-bond donors (Lipinski definition) is 1. The molecule has 128 valence electrons. The predicted octanol–water partition coefficient (Wildman–Crippen LogP) is 1.91. The van der Waals surface area contributed by atoms with Gasteiger partial charge in [-0.2, -0.15) is 18.3 Å². The van der Waals surface area contributed by atoms with Gasteiger partial charge < -0.3 is 5.32 Å². The third kappa shape index (κ3) is 3.91. The zero-order chi connectivity index (χ0) is 17.3. The van der Waals surface area contributed by atoms with Crippen molar-refractivity contribution in [1.29, 1.82) is 0 Å². The van der Waals surface area contributed by atoms with Crippen LogP contribution in [0.5, 0.6) is 0 Å². The van der Waals surface area contributed by atoms with Gasteiger partial charge in [0.25, 0.3) is 0 Å². The summed E-state index contributed by atoms with van der Waals surface area (Å²) in [6.07, 6.45) is 0.861. The van der Waals surface area contributed by atoms with Crippen molar-refractivity contribution in [2.45, 2.75) is 6.18 Å². The Morgan fingerprint density at radius 2 is 2.12 bits per heavy atom. The number of halogens is 3. The molecular formula is C15H16F3N5O. The number of anilines is 1. The first-order chi connectivity index (χ1) is 11.3. The third-order valence-corrected chi connectivity index (χ3v) is 3.78. The molecule has 0 unspecified atom stereocenters. The first-order valence-corrected chi connectivity index (χ1v) is 7.35. The van der Waals surface area contributed by atoms with Crippen LogP contribution in [0.2, 0.25) is 0 Å². The molecular weight excluding hydrogens is 323 g/mol. The molecule has 3 heterocycles. The van der Waals surface area contributed by atoms with E-state index in [2.05, 4.69) is 15.4 Å². The normalized spacial score (nSPS) is 16.0. The predicted molar refractivity (Wildman–Crippen MR) is 81.1 cm³/mol. The van der Waals surface area contributed by atoms with E-state index in [1.54, 1.807) is 36.3 Å². The molecule has 2 aromatic heterocycles. The van der Waals surface area contributed by atoms with Crippen molar-refractivity contribution in [3.05, 3.63) is 30.7 Å². The van der Waals surface area contributed by atoms with Crippen LogP contribution in [-0.2, 0) is 11.8 Å². The minimum absolute atomic E-state index is 0.105. The quantitative estimate of drug-likeness (QED) is 0.924. The molecule has 1 amide bonds. The summed E-state index contributed by atoms with van der Waals surface area (Å²) >= 11 is 0. The molecule has 1 N–H and O–H groups in total. The average molecular weight is 339 g/mol. The van der Waals surface area contributed by atoms with E-state index in [1.807, 2.05) is 6.20 Å². The Balaban J connectivity index is 1.58. The van der Waals surface area contributed by atoms with Crippen molar-refractivity contribution in [2.24, 2.45) is 13.0 Å². The summed E-state index contributed by atoms with van der Waals surface area (Å²) in [5, 5.41) is 6.74. The molecule has 0 bridgehead atoms. The second kappa shape index (κ2) is 6.23. The second-order valence-corrected chi connectivity index (χ2v) is 5.83. The number of amides is 1. The lowest BCUT2D eigenvalue weighted by molar-refractivity contribution is -0.162. The molecule has 0 aliphatic carbocycles. The van der Waals surface area contributed by atoms with E-state index in [0.29, 0.717) is 5.82 Å². The van der Waals surface area contributed by atoms with Crippen molar-refractivity contribution in [1.82, 2.24) is 19.7 Å². The molecule has 0 atom stereocenters. The highest BCUT2D eigenvalue weighted by atomic mass is 19.4. The van der Waals surface area contributed by atoms with Crippen LogP contribution < -0.4 is 5.32 Å². The number of carbonyl (C=O) groups is 1. The van der Waals surface area contributed by atoms with E-state index in [1.165, 1.54) is 4.90 Å². The summed E-state index contributed by atoms with van der Waals surface area (Å²) in [5.74, 6) is -0.393. The molecule has 1 aliphatic rings. The highest BCUT2D eigenvalue weighted by molar-refractivity contribution is 5.93. The number of pyridine rings is 1. The Morgan fingerprint density at radius 3 is 2.75 bits per heavy atom. The summed E-state index contributed by atoms with van der Waals surface area (Å²) in [4.78, 5) is 17.4. The van der Waals surface area contributed by atoms with Crippen LogP contribution in [0.15, 0.2) is 30.7 Å². The molecule has 3 rings (SSSR count). The van der Waals surface area contributed by atoms with Crippen molar-refractivity contribution in [3.63, 3.8) is 0 Å². The molecule has 0 spiro atoms. The van der Waals surface area contributed by atoms with Gasteiger partial charge in [-0.25, -0.2) is 4.98 Å². The average Bonchev–Trinajstić information content (AvgIpc) is 2.88. The Labute approximate surface area is 136 Å². The number of aromatic nitrogens is 3. The number of nitrogens with zero attached hydrogens (tertiary/aromatic N) is 4. The molecule has 0 radical (unpaired) electrons. The summed E-state index contributed by atoms with van der Waals surface area (Å²) in [6, 6.07) is 3.50. The van der Waals surface area contributed by atoms with Crippen LogP contribution in [0, 0.1) is 5.92 Å². The van der Waals surface area contributed by atoms with Crippen LogP contribution in [0.4, 0.5) is 19.0 Å². The summed E-state index contributed by atoms with van der Waals surface area (Å²) < 4.78 is 38.4. The lowest BCUT2D eigenvalue weighted by Crippen LogP contribution is -2.54. The van der Waals surface area contributed by atoms with Crippen molar-refractivity contribution in [3.8, 4) is 11.1 Å². The van der Waals surface area contributed by atoms with Gasteiger partial charge in [-0.05, 0) is 17.7 Å². The zero-order valence-corrected chi connectivity index (χ0v) is 12.9. The van der Waals surface area contributed by atoms with E-state index in [0.717, 1.165) is 11.1 Å². The van der Waals surface area contributed by atoms with Gasteiger partial charge in [-0.3, -0.25) is 14.4 Å². The number of nitrogens with one attached hydrogen (secondary N) is 1. The van der Waals surface area contributed by atoms with E-state index in [9.17, 15) is 18.0 Å². The van der Waals surface area contributed by atoms with Crippen LogP contribution in [-0.4, -0.2) is 51.4 Å². The van der Waals surface area contributed by atoms with Crippen LogP contribution in [0.25, 0.3) is 11.1 Å². The standard InChI is InChI=1S/C15H16F3N5O/c1-22-6-11(5-20-22)10-2-3-19-13(4-10)21-14(24)12-7-23(8-12)9-15(16,17)18/h2-6,12H,7-9H2,1H3,(H,19,21,24). The fourth-order valence-corrected chi connectivity index (χ4v) is 2.60. The van der Waals surface area contributed by atoms with Gasteiger partial charge in [0.2, 0.25) is 5.91 Å². The number of hydrogen-bond acceptors (Lipinski definition) is 4. The number of likely N-dealkylation sites (tertiary alicyclic amines) is 1. The molecule has 1 fully saturated rings. The number of carbonyl (C=O) groups excluding carboxylic acids is 1. The summed E-state index contributed by atoms with van der Waals surface area (Å²) in [6.45, 7) is -0.771. The molecule has 6 nitrogen and oxygen atoms in total. The smallest absolute Gasteiger partial charge is 0.310 e. The van der Waals surface area contributed by atoms with Crippen molar-refractivity contribution >= 4 is 11.7 Å². The highest BCUT2D eigenvalue weighted by Crippen LogP contribution is 2.25. The fraction of sp³-hybridized carbons (Fsp3) is 0.400. The Kier molecular flexibility index (Phi) is 4.27. The van der Waals surface area contributed by atoms with Gasteiger partial charge in [0, 0.05) is 38.1 Å². The van der Waals surface area contributed by atoms with Crippen LogP contribution in [0.3, 0.4) is 0 Å². The topological polar surface area (TPSA) is 63.1 Å². The summed E-state index contributed by atoms with van der Waals surface area (Å²) in [7, 11) is 1.80. The maximum atomic E-state index is 12.3. The van der Waals surface area contributed by atoms with Gasteiger partial charge in [-0.1, -0.05) is 0 Å². The van der Waals surface area contributed by atoms with E-state index in [-0.39, 0.29) is 19.0 Å². The number of rotatable bonds is 4. The van der Waals surface area contributed by atoms with Crippen LogP contribution >= 0.6 is 0 Å². The lowest BCUT2D eigenvalue weighted by Gasteiger charge is -2.38. The first kappa shape index (κ1) is 16.4. The minimum atomic E-state index is -4.24. The van der Waals surface area contributed by atoms with Crippen molar-refractivity contribution in [2.75, 3.05) is 25.0 Å². The SMILES string of the molecule is Cn1cc(-c2ccnc(NC(=O)C3CN(CC(F)(F)F)C3)c2)cn1. The molecule has 1 aliphatic heterocycles. The Morgan fingerprint density at radius 1 is 1.38 bits per heavy atom. The molecule has 1 saturated heterocycles. The lowest BCUT2D eigenvalue weighted by atomic mass is 9.99. The Bertz CT molecular complexity index is 737. The molecule has 9 heteroatoms. The highest BCUT2D eigenvalue weighted by Gasteiger charge is 2.39. The Hall–Kier alpha value is -2.42. The first-order valence-electron chi connectivity index (χ1n) is 7.35. The van der Waals surface area contributed by atoms with Crippen LogP contribution in [0.1, 0.15) is 0 Å². The molecule has 2 aromatic rings. The molecule has 0 aromatic carbocycles. The molecule has 24 heavy (non-hydrogen) atoms. The van der Waals surface area contributed by atoms with E-state index in [4.69, 9.17) is 0 Å². The largest absolute Gasteiger partial charge is 0.401 e. The number of alkyl halides is 3. The van der Waals surface area contributed by atoms with Gasteiger partial charge in [0.05, 0.1) is 18.7 Å². The summed E-state index contributed by atoms with van der Waals surface area (Å²) in [5.41, 5.74) is 1.73. The maximum Gasteiger partial charge on any atom is 0.401 e. The van der Waals surface area contributed by atoms with Gasteiger partial charge in [-0.15, -0.1) is 0 Å². The molecule has 0 saturated carbocycles. The maximum absolute atomic E-state index is 12.3. The van der Waals surface area contributed by atoms with Gasteiger partial charge >= 0.3 is 6.18 Å². The fourth-order valence-electron chi connectivity index (χ4n) is 2.60. The van der Waals surface area contributed by atoms with Gasteiger partial charge in [0.15, 0.2) is 0 Å². The van der Waals surface area contributed by atoms with Crippen molar-refractivity contribution < 1.29 is 18.0 Å². The zero-order valence-electron chi connectivity index (χ0n) is 12.9. The van der Waals surface area contributed by atoms with E-state index >= 15 is 0 Å². The number of aryl methyl sites for hydroxylation is 1. The van der Waals surface area contributed by atoms with Gasteiger partial charge in [0.1, 0.15) is 5.82 Å². The minimum Gasteiger partial charge on any atom is -0.310 e. The second-order valence-electron chi connectivity index (χ2n) is 5.83. The van der Waals surface area contributed by atoms with E-state index < -0.39 is 18.6 Å². The monoisotopic (exact) mass is 339 g/mol.